The van der Waals surface area contributed by atoms with Gasteiger partial charge in [-0.1, -0.05) is 6.92 Å². The first-order valence-electron chi connectivity index (χ1n) is 6.48. The van der Waals surface area contributed by atoms with Crippen molar-refractivity contribution >= 4 is 11.8 Å². The van der Waals surface area contributed by atoms with Crippen molar-refractivity contribution in [3.05, 3.63) is 0 Å². The SMILES string of the molecule is CCC(C)(C)NC(=O)[C@@H]1CC(=O)N(CCOC)C1. The fraction of sp³-hybridized carbons (Fsp3) is 0.846. The number of amides is 2. The summed E-state index contributed by atoms with van der Waals surface area (Å²) in [5.41, 5.74) is -0.208. The number of carbonyl (C=O) groups excluding carboxylic acids is 2. The van der Waals surface area contributed by atoms with Crippen molar-refractivity contribution in [2.75, 3.05) is 26.8 Å². The van der Waals surface area contributed by atoms with Crippen molar-refractivity contribution in [3.8, 4) is 0 Å². The van der Waals surface area contributed by atoms with Crippen molar-refractivity contribution in [2.45, 2.75) is 39.2 Å². The summed E-state index contributed by atoms with van der Waals surface area (Å²) in [6, 6.07) is 0. The van der Waals surface area contributed by atoms with Crippen molar-refractivity contribution in [1.29, 1.82) is 0 Å². The van der Waals surface area contributed by atoms with Crippen LogP contribution in [0, 0.1) is 5.92 Å². The quantitative estimate of drug-likeness (QED) is 0.764. The molecule has 5 heteroatoms. The summed E-state index contributed by atoms with van der Waals surface area (Å²) < 4.78 is 4.95. The highest BCUT2D eigenvalue weighted by molar-refractivity contribution is 5.89. The van der Waals surface area contributed by atoms with E-state index >= 15 is 0 Å². The Balaban J connectivity index is 2.49. The molecular weight excluding hydrogens is 232 g/mol. The molecule has 0 aliphatic carbocycles. The molecule has 1 saturated heterocycles. The standard InChI is InChI=1S/C13H24N2O3/c1-5-13(2,3)14-12(17)10-8-11(16)15(9-10)6-7-18-4/h10H,5-9H2,1-4H3,(H,14,17)/t10-/m1/s1. The Labute approximate surface area is 109 Å². The van der Waals surface area contributed by atoms with Crippen LogP contribution in [0.1, 0.15) is 33.6 Å². The Morgan fingerprint density at radius 1 is 1.56 bits per heavy atom. The van der Waals surface area contributed by atoms with E-state index in [2.05, 4.69) is 5.32 Å². The van der Waals surface area contributed by atoms with Gasteiger partial charge in [0.2, 0.25) is 11.8 Å². The predicted octanol–water partition coefficient (Wildman–Crippen LogP) is 0.786. The first-order chi connectivity index (χ1) is 8.39. The van der Waals surface area contributed by atoms with Gasteiger partial charge in [0.15, 0.2) is 0 Å². The van der Waals surface area contributed by atoms with Gasteiger partial charge < -0.3 is 15.0 Å². The summed E-state index contributed by atoms with van der Waals surface area (Å²) in [5.74, 6) is -0.197. The molecule has 0 aromatic rings. The van der Waals surface area contributed by atoms with E-state index in [1.165, 1.54) is 0 Å². The molecule has 1 heterocycles. The molecule has 1 rings (SSSR count). The largest absolute Gasteiger partial charge is 0.383 e. The van der Waals surface area contributed by atoms with Crippen molar-refractivity contribution < 1.29 is 14.3 Å². The molecule has 5 nitrogen and oxygen atoms in total. The minimum absolute atomic E-state index is 0.0184. The number of ether oxygens (including phenoxy) is 1. The molecule has 0 radical (unpaired) electrons. The zero-order valence-electron chi connectivity index (χ0n) is 11.8. The monoisotopic (exact) mass is 256 g/mol. The van der Waals surface area contributed by atoms with Crippen LogP contribution in [-0.2, 0) is 14.3 Å². The van der Waals surface area contributed by atoms with E-state index in [0.717, 1.165) is 6.42 Å². The van der Waals surface area contributed by atoms with Gasteiger partial charge in [0.1, 0.15) is 0 Å². The molecule has 0 aromatic carbocycles. The van der Waals surface area contributed by atoms with E-state index in [1.54, 1.807) is 12.0 Å². The topological polar surface area (TPSA) is 58.6 Å². The highest BCUT2D eigenvalue weighted by Crippen LogP contribution is 2.19. The number of methoxy groups -OCH3 is 1. The molecule has 18 heavy (non-hydrogen) atoms. The van der Waals surface area contributed by atoms with Gasteiger partial charge in [-0.15, -0.1) is 0 Å². The van der Waals surface area contributed by atoms with E-state index in [9.17, 15) is 9.59 Å². The van der Waals surface area contributed by atoms with Crippen molar-refractivity contribution in [3.63, 3.8) is 0 Å². The number of nitrogens with one attached hydrogen (secondary N) is 1. The molecule has 0 aromatic heterocycles. The molecule has 2 amide bonds. The van der Waals surface area contributed by atoms with Crippen LogP contribution in [0.2, 0.25) is 0 Å². The molecule has 1 atom stereocenters. The fourth-order valence-corrected chi connectivity index (χ4v) is 1.89. The Hall–Kier alpha value is -1.10. The van der Waals surface area contributed by atoms with E-state index < -0.39 is 0 Å². The molecule has 0 unspecified atom stereocenters. The van der Waals surface area contributed by atoms with Gasteiger partial charge in [-0.3, -0.25) is 9.59 Å². The average molecular weight is 256 g/mol. The Morgan fingerprint density at radius 2 is 2.22 bits per heavy atom. The molecule has 0 bridgehead atoms. The second-order valence-electron chi connectivity index (χ2n) is 5.46. The number of carbonyl (C=O) groups is 2. The molecule has 104 valence electrons. The first-order valence-corrected chi connectivity index (χ1v) is 6.48. The summed E-state index contributed by atoms with van der Waals surface area (Å²) in [4.78, 5) is 25.5. The number of rotatable bonds is 6. The number of hydrogen-bond donors (Lipinski definition) is 1. The third-order valence-corrected chi connectivity index (χ3v) is 3.50. The van der Waals surface area contributed by atoms with Gasteiger partial charge >= 0.3 is 0 Å². The molecule has 0 spiro atoms. The summed E-state index contributed by atoms with van der Waals surface area (Å²) in [6.45, 7) is 7.60. The summed E-state index contributed by atoms with van der Waals surface area (Å²) in [5, 5.41) is 3.00. The average Bonchev–Trinajstić information content (AvgIpc) is 2.68. The Morgan fingerprint density at radius 3 is 2.78 bits per heavy atom. The lowest BCUT2D eigenvalue weighted by Crippen LogP contribution is -2.46. The minimum atomic E-state index is -0.222. The maximum absolute atomic E-state index is 12.1. The van der Waals surface area contributed by atoms with Crippen LogP contribution in [0.3, 0.4) is 0 Å². The molecule has 1 aliphatic rings. The molecule has 1 fully saturated rings. The molecular formula is C13H24N2O3. The highest BCUT2D eigenvalue weighted by Gasteiger charge is 2.35. The fourth-order valence-electron chi connectivity index (χ4n) is 1.89. The van der Waals surface area contributed by atoms with E-state index in [4.69, 9.17) is 4.74 Å². The maximum atomic E-state index is 12.1. The summed E-state index contributed by atoms with van der Waals surface area (Å²) >= 11 is 0. The molecule has 1 aliphatic heterocycles. The minimum Gasteiger partial charge on any atom is -0.383 e. The van der Waals surface area contributed by atoms with Crippen LogP contribution >= 0.6 is 0 Å². The van der Waals surface area contributed by atoms with Gasteiger partial charge in [0.25, 0.3) is 0 Å². The lowest BCUT2D eigenvalue weighted by atomic mass is 9.99. The van der Waals surface area contributed by atoms with E-state index in [0.29, 0.717) is 26.1 Å². The predicted molar refractivity (Wildman–Crippen MR) is 69.1 cm³/mol. The highest BCUT2D eigenvalue weighted by atomic mass is 16.5. The first kappa shape index (κ1) is 15.0. The third-order valence-electron chi connectivity index (χ3n) is 3.50. The normalized spacial score (nSPS) is 20.3. The molecule has 0 saturated carbocycles. The number of hydrogen-bond acceptors (Lipinski definition) is 3. The maximum Gasteiger partial charge on any atom is 0.225 e. The van der Waals surface area contributed by atoms with Crippen LogP contribution in [0.4, 0.5) is 0 Å². The van der Waals surface area contributed by atoms with Crippen LogP contribution in [0.15, 0.2) is 0 Å². The second-order valence-corrected chi connectivity index (χ2v) is 5.46. The van der Waals surface area contributed by atoms with Crippen molar-refractivity contribution in [2.24, 2.45) is 5.92 Å². The third kappa shape index (κ3) is 3.98. The summed E-state index contributed by atoms with van der Waals surface area (Å²) in [7, 11) is 1.61. The lowest BCUT2D eigenvalue weighted by molar-refractivity contribution is -0.129. The van der Waals surface area contributed by atoms with Gasteiger partial charge in [0, 0.05) is 32.2 Å². The Bertz CT molecular complexity index is 315. The van der Waals surface area contributed by atoms with E-state index in [1.807, 2.05) is 20.8 Å². The Kier molecular flexibility index (Phi) is 5.14. The second kappa shape index (κ2) is 6.18. The van der Waals surface area contributed by atoms with Gasteiger partial charge in [-0.05, 0) is 20.3 Å². The van der Waals surface area contributed by atoms with E-state index in [-0.39, 0.29) is 23.3 Å². The van der Waals surface area contributed by atoms with Crippen LogP contribution in [0.5, 0.6) is 0 Å². The van der Waals surface area contributed by atoms with Gasteiger partial charge in [-0.2, -0.15) is 0 Å². The van der Waals surface area contributed by atoms with Crippen molar-refractivity contribution in [1.82, 2.24) is 10.2 Å². The van der Waals surface area contributed by atoms with Gasteiger partial charge in [-0.25, -0.2) is 0 Å². The van der Waals surface area contributed by atoms with Crippen LogP contribution < -0.4 is 5.32 Å². The summed E-state index contributed by atoms with van der Waals surface area (Å²) in [6.07, 6.45) is 1.18. The lowest BCUT2D eigenvalue weighted by Gasteiger charge is -2.26. The number of nitrogens with zero attached hydrogens (tertiary/aromatic N) is 1. The zero-order valence-corrected chi connectivity index (χ0v) is 11.8. The van der Waals surface area contributed by atoms with Gasteiger partial charge in [0.05, 0.1) is 12.5 Å². The van der Waals surface area contributed by atoms with Crippen LogP contribution in [-0.4, -0.2) is 49.1 Å². The van der Waals surface area contributed by atoms with Crippen LogP contribution in [0.25, 0.3) is 0 Å². The smallest absolute Gasteiger partial charge is 0.225 e. The number of likely N-dealkylation sites (tertiary alicyclic amines) is 1. The zero-order chi connectivity index (χ0) is 13.8. The molecule has 1 N–H and O–H groups in total.